The van der Waals surface area contributed by atoms with Crippen LogP contribution >= 0.6 is 12.4 Å². The number of anilines is 1. The second-order valence-corrected chi connectivity index (χ2v) is 8.51. The number of rotatable bonds is 4. The number of amides is 2. The van der Waals surface area contributed by atoms with Gasteiger partial charge in [0, 0.05) is 35.3 Å². The first-order chi connectivity index (χ1) is 11.8. The number of hydrogen-bond donors (Lipinski definition) is 3. The van der Waals surface area contributed by atoms with Crippen LogP contribution in [0.2, 0.25) is 0 Å². The summed E-state index contributed by atoms with van der Waals surface area (Å²) in [6.07, 6.45) is 5.30. The molecule has 2 unspecified atom stereocenters. The Hall–Kier alpha value is -1.59. The van der Waals surface area contributed by atoms with E-state index in [9.17, 15) is 9.59 Å². The van der Waals surface area contributed by atoms with Gasteiger partial charge in [-0.25, -0.2) is 0 Å². The third-order valence-corrected chi connectivity index (χ3v) is 4.96. The van der Waals surface area contributed by atoms with E-state index in [0.717, 1.165) is 18.5 Å². The second-order valence-electron chi connectivity index (χ2n) is 8.51. The number of piperidine rings is 1. The SMILES string of the molecule is CC(C)(C)NC(=O)c1ccc(NC(=O)CC2CC3CCC(C2)N3)cc1.Cl. The van der Waals surface area contributed by atoms with Crippen LogP contribution in [0.25, 0.3) is 0 Å². The highest BCUT2D eigenvalue weighted by atomic mass is 35.5. The number of hydrogen-bond acceptors (Lipinski definition) is 3. The van der Waals surface area contributed by atoms with E-state index in [2.05, 4.69) is 16.0 Å². The quantitative estimate of drug-likeness (QED) is 0.749. The predicted molar refractivity (Wildman–Crippen MR) is 107 cm³/mol. The number of halogens is 1. The molecule has 0 spiro atoms. The van der Waals surface area contributed by atoms with E-state index < -0.39 is 0 Å². The lowest BCUT2D eigenvalue weighted by atomic mass is 9.89. The Labute approximate surface area is 162 Å². The summed E-state index contributed by atoms with van der Waals surface area (Å²) in [5.41, 5.74) is 1.08. The normalized spacial score (nSPS) is 24.5. The van der Waals surface area contributed by atoms with Crippen molar-refractivity contribution in [2.24, 2.45) is 5.92 Å². The molecule has 2 saturated heterocycles. The van der Waals surface area contributed by atoms with Crippen molar-refractivity contribution < 1.29 is 9.59 Å². The van der Waals surface area contributed by atoms with Crippen molar-refractivity contribution in [3.8, 4) is 0 Å². The summed E-state index contributed by atoms with van der Waals surface area (Å²) < 4.78 is 0. The van der Waals surface area contributed by atoms with Crippen molar-refractivity contribution in [1.29, 1.82) is 0 Å². The van der Waals surface area contributed by atoms with Crippen molar-refractivity contribution in [2.45, 2.75) is 70.5 Å². The Morgan fingerprint density at radius 2 is 1.65 bits per heavy atom. The van der Waals surface area contributed by atoms with Crippen LogP contribution in [0.3, 0.4) is 0 Å². The highest BCUT2D eigenvalue weighted by Gasteiger charge is 2.34. The Balaban J connectivity index is 0.00000243. The van der Waals surface area contributed by atoms with Gasteiger partial charge in [0.15, 0.2) is 0 Å². The van der Waals surface area contributed by atoms with Crippen LogP contribution in [-0.4, -0.2) is 29.4 Å². The molecule has 2 heterocycles. The lowest BCUT2D eigenvalue weighted by Gasteiger charge is -2.28. The summed E-state index contributed by atoms with van der Waals surface area (Å²) in [4.78, 5) is 24.4. The Bertz CT molecular complexity index is 627. The third-order valence-electron chi connectivity index (χ3n) is 4.96. The molecule has 3 rings (SSSR count). The molecule has 6 heteroatoms. The van der Waals surface area contributed by atoms with Crippen LogP contribution in [0, 0.1) is 5.92 Å². The maximum Gasteiger partial charge on any atom is 0.251 e. The molecule has 26 heavy (non-hydrogen) atoms. The van der Waals surface area contributed by atoms with E-state index in [-0.39, 0.29) is 29.8 Å². The molecule has 0 aromatic heterocycles. The van der Waals surface area contributed by atoms with E-state index in [1.807, 2.05) is 20.8 Å². The van der Waals surface area contributed by atoms with Crippen LogP contribution in [0.4, 0.5) is 5.69 Å². The highest BCUT2D eigenvalue weighted by Crippen LogP contribution is 2.32. The van der Waals surface area contributed by atoms with Crippen LogP contribution in [-0.2, 0) is 4.79 Å². The van der Waals surface area contributed by atoms with E-state index in [1.54, 1.807) is 24.3 Å². The minimum atomic E-state index is -0.266. The fourth-order valence-corrected chi connectivity index (χ4v) is 3.93. The molecule has 0 radical (unpaired) electrons. The van der Waals surface area contributed by atoms with Gasteiger partial charge < -0.3 is 16.0 Å². The first kappa shape index (κ1) is 20.7. The zero-order valence-corrected chi connectivity index (χ0v) is 16.6. The molecule has 144 valence electrons. The van der Waals surface area contributed by atoms with Gasteiger partial charge in [-0.1, -0.05) is 0 Å². The van der Waals surface area contributed by atoms with Crippen molar-refractivity contribution in [3.63, 3.8) is 0 Å². The second kappa shape index (κ2) is 8.40. The molecule has 1 aromatic rings. The summed E-state index contributed by atoms with van der Waals surface area (Å²) in [6.45, 7) is 5.85. The summed E-state index contributed by atoms with van der Waals surface area (Å²) in [5, 5.41) is 9.50. The summed E-state index contributed by atoms with van der Waals surface area (Å²) >= 11 is 0. The molecule has 2 aliphatic rings. The minimum absolute atomic E-state index is 0. The predicted octanol–water partition coefficient (Wildman–Crippen LogP) is 3.50. The van der Waals surface area contributed by atoms with Gasteiger partial charge in [0.2, 0.25) is 5.91 Å². The van der Waals surface area contributed by atoms with Gasteiger partial charge in [-0.05, 0) is 76.6 Å². The van der Waals surface area contributed by atoms with Crippen molar-refractivity contribution in [3.05, 3.63) is 29.8 Å². The van der Waals surface area contributed by atoms with Gasteiger partial charge in [0.25, 0.3) is 5.91 Å². The molecule has 1 aromatic carbocycles. The van der Waals surface area contributed by atoms with Gasteiger partial charge in [0.1, 0.15) is 0 Å². The van der Waals surface area contributed by atoms with Crippen molar-refractivity contribution in [2.75, 3.05) is 5.32 Å². The average molecular weight is 380 g/mol. The Kier molecular flexibility index (Phi) is 6.69. The maximum atomic E-state index is 12.3. The molecule has 2 fully saturated rings. The van der Waals surface area contributed by atoms with Gasteiger partial charge in [0.05, 0.1) is 0 Å². The topological polar surface area (TPSA) is 70.2 Å². The molecule has 2 amide bonds. The summed E-state index contributed by atoms with van der Waals surface area (Å²) in [5.74, 6) is 0.448. The van der Waals surface area contributed by atoms with E-state index in [4.69, 9.17) is 0 Å². The first-order valence-corrected chi connectivity index (χ1v) is 9.27. The minimum Gasteiger partial charge on any atom is -0.347 e. The molecule has 2 atom stereocenters. The lowest BCUT2D eigenvalue weighted by Crippen LogP contribution is -2.40. The molecule has 3 N–H and O–H groups in total. The third kappa shape index (κ3) is 5.71. The number of nitrogens with one attached hydrogen (secondary N) is 3. The van der Waals surface area contributed by atoms with Crippen molar-refractivity contribution >= 4 is 29.9 Å². The van der Waals surface area contributed by atoms with Crippen LogP contribution in [0.5, 0.6) is 0 Å². The van der Waals surface area contributed by atoms with Gasteiger partial charge >= 0.3 is 0 Å². The molecule has 2 bridgehead atoms. The van der Waals surface area contributed by atoms with E-state index >= 15 is 0 Å². The van der Waals surface area contributed by atoms with Crippen LogP contribution in [0.15, 0.2) is 24.3 Å². The van der Waals surface area contributed by atoms with Crippen molar-refractivity contribution in [1.82, 2.24) is 10.6 Å². The average Bonchev–Trinajstić information content (AvgIpc) is 2.85. The zero-order chi connectivity index (χ0) is 18.0. The standard InChI is InChI=1S/C20H29N3O2.ClH/c1-20(2,3)23-19(25)14-4-6-15(7-5-14)22-18(24)12-13-10-16-8-9-17(11-13)21-16;/h4-7,13,16-17,21H,8-12H2,1-3H3,(H,22,24)(H,23,25);1H. The highest BCUT2D eigenvalue weighted by molar-refractivity contribution is 5.96. The maximum absolute atomic E-state index is 12.3. The number of carbonyl (C=O) groups is 2. The van der Waals surface area contributed by atoms with Gasteiger partial charge in [-0.2, -0.15) is 0 Å². The van der Waals surface area contributed by atoms with E-state index in [1.165, 1.54) is 12.8 Å². The molecule has 0 aliphatic carbocycles. The van der Waals surface area contributed by atoms with Crippen LogP contribution in [0.1, 0.15) is 63.2 Å². The number of carbonyl (C=O) groups excluding carboxylic acids is 2. The Morgan fingerprint density at radius 1 is 1.08 bits per heavy atom. The number of fused-ring (bicyclic) bond motifs is 2. The molecule has 5 nitrogen and oxygen atoms in total. The fraction of sp³-hybridized carbons (Fsp3) is 0.600. The largest absolute Gasteiger partial charge is 0.347 e. The monoisotopic (exact) mass is 379 g/mol. The molecular formula is C20H30ClN3O2. The van der Waals surface area contributed by atoms with Gasteiger partial charge in [-0.15, -0.1) is 12.4 Å². The Morgan fingerprint density at radius 3 is 2.19 bits per heavy atom. The molecular weight excluding hydrogens is 350 g/mol. The molecule has 0 saturated carbocycles. The number of benzene rings is 1. The van der Waals surface area contributed by atoms with Gasteiger partial charge in [-0.3, -0.25) is 9.59 Å². The summed E-state index contributed by atoms with van der Waals surface area (Å²) in [7, 11) is 0. The smallest absolute Gasteiger partial charge is 0.251 e. The lowest BCUT2D eigenvalue weighted by molar-refractivity contribution is -0.117. The van der Waals surface area contributed by atoms with E-state index in [0.29, 0.717) is 30.0 Å². The first-order valence-electron chi connectivity index (χ1n) is 9.27. The fourth-order valence-electron chi connectivity index (χ4n) is 3.93. The zero-order valence-electron chi connectivity index (χ0n) is 15.8. The molecule has 2 aliphatic heterocycles. The van der Waals surface area contributed by atoms with Crippen LogP contribution < -0.4 is 16.0 Å². The summed E-state index contributed by atoms with van der Waals surface area (Å²) in [6, 6.07) is 8.31.